The topological polar surface area (TPSA) is 30.2 Å². The second kappa shape index (κ2) is 12.6. The lowest BCUT2D eigenvalue weighted by Gasteiger charge is -2.12. The van der Waals surface area contributed by atoms with Gasteiger partial charge in [0.2, 0.25) is 0 Å². The van der Waals surface area contributed by atoms with Gasteiger partial charge < -0.3 is 4.40 Å². The summed E-state index contributed by atoms with van der Waals surface area (Å²) in [5, 5.41) is 5.18. The van der Waals surface area contributed by atoms with E-state index in [4.69, 9.17) is 9.97 Å². The van der Waals surface area contributed by atoms with Crippen molar-refractivity contribution in [2.45, 2.75) is 0 Å². The van der Waals surface area contributed by atoms with Crippen LogP contribution in [0.3, 0.4) is 0 Å². The molecule has 8 aromatic carbocycles. The fourth-order valence-electron chi connectivity index (χ4n) is 8.37. The van der Waals surface area contributed by atoms with Gasteiger partial charge in [0, 0.05) is 43.8 Å². The van der Waals surface area contributed by atoms with E-state index in [0.29, 0.717) is 5.82 Å². The van der Waals surface area contributed by atoms with E-state index in [1.807, 2.05) is 24.3 Å². The SMILES string of the molecule is c1ccc(-c2cc(-c3cccc(-c4cccc(-c5cccc(-c6cccc7c8cccc9c%10ccccc%10n(c67)c98)c5)c4)c3)nc(-c3ccccc3)n2)cc1. The maximum atomic E-state index is 5.09. The van der Waals surface area contributed by atoms with Crippen molar-refractivity contribution in [3.8, 4) is 67.3 Å². The zero-order valence-electron chi connectivity index (χ0n) is 29.9. The molecule has 0 bridgehead atoms. The van der Waals surface area contributed by atoms with Gasteiger partial charge in [-0.3, -0.25) is 0 Å². The van der Waals surface area contributed by atoms with Crippen LogP contribution >= 0.6 is 0 Å². The summed E-state index contributed by atoms with van der Waals surface area (Å²) < 4.78 is 2.48. The number of nitrogens with zero attached hydrogens (tertiary/aromatic N) is 3. The van der Waals surface area contributed by atoms with E-state index in [0.717, 1.165) is 39.2 Å². The number of rotatable bonds is 6. The first-order valence-electron chi connectivity index (χ1n) is 18.7. The number of aromatic nitrogens is 3. The molecule has 3 nitrogen and oxygen atoms in total. The molecule has 0 spiro atoms. The normalized spacial score (nSPS) is 11.6. The van der Waals surface area contributed by atoms with Crippen molar-refractivity contribution >= 4 is 38.1 Å². The average Bonchev–Trinajstić information content (AvgIpc) is 3.80. The Labute approximate surface area is 318 Å². The van der Waals surface area contributed by atoms with Crippen molar-refractivity contribution in [3.05, 3.63) is 200 Å². The smallest absolute Gasteiger partial charge is 0.160 e. The minimum Gasteiger partial charge on any atom is -0.307 e. The number of para-hydroxylation sites is 3. The molecule has 0 amide bonds. The van der Waals surface area contributed by atoms with Crippen LogP contribution in [0.5, 0.6) is 0 Å². The third kappa shape index (κ3) is 5.20. The Morgan fingerprint density at radius 3 is 1.42 bits per heavy atom. The lowest BCUT2D eigenvalue weighted by atomic mass is 9.94. The average molecular weight is 700 g/mol. The van der Waals surface area contributed by atoms with Gasteiger partial charge in [0.05, 0.1) is 27.9 Å². The molecule has 3 aromatic heterocycles. The Kier molecular flexibility index (Phi) is 7.17. The van der Waals surface area contributed by atoms with E-state index >= 15 is 0 Å². The second-order valence-electron chi connectivity index (χ2n) is 14.2. The molecule has 0 saturated heterocycles. The van der Waals surface area contributed by atoms with Crippen LogP contribution in [0.4, 0.5) is 0 Å². The van der Waals surface area contributed by atoms with Gasteiger partial charge in [-0.25, -0.2) is 9.97 Å². The van der Waals surface area contributed by atoms with Crippen LogP contribution in [0, 0.1) is 0 Å². The van der Waals surface area contributed by atoms with Crippen LogP contribution in [-0.4, -0.2) is 14.4 Å². The van der Waals surface area contributed by atoms with E-state index < -0.39 is 0 Å². The molecular weight excluding hydrogens is 667 g/mol. The van der Waals surface area contributed by atoms with Crippen LogP contribution in [0.15, 0.2) is 200 Å². The molecule has 3 heterocycles. The number of fused-ring (bicyclic) bond motifs is 6. The van der Waals surface area contributed by atoms with Gasteiger partial charge in [-0.15, -0.1) is 0 Å². The van der Waals surface area contributed by atoms with Crippen LogP contribution in [0.2, 0.25) is 0 Å². The van der Waals surface area contributed by atoms with Crippen molar-refractivity contribution in [2.24, 2.45) is 0 Å². The highest BCUT2D eigenvalue weighted by Gasteiger charge is 2.20. The summed E-state index contributed by atoms with van der Waals surface area (Å²) in [5.41, 5.74) is 15.8. The Balaban J connectivity index is 0.997. The van der Waals surface area contributed by atoms with Gasteiger partial charge in [0.15, 0.2) is 5.82 Å². The minimum absolute atomic E-state index is 0.714. The molecule has 0 N–H and O–H groups in total. The standard InChI is InChI=1S/C52H33N3/c1-3-14-34(15-4-1)47-33-48(54-52(53-47)35-16-5-2-6-17-35)41-23-11-21-39(32-41)37-19-9-18-36(30-37)38-20-10-22-40(31-38)42-25-12-27-45-46-28-13-26-44-43-24-7-8-29-49(43)55(50(42)45)51(44)46/h1-33H. The highest BCUT2D eigenvalue weighted by molar-refractivity contribution is 6.25. The van der Waals surface area contributed by atoms with E-state index in [-0.39, 0.29) is 0 Å². The highest BCUT2D eigenvalue weighted by Crippen LogP contribution is 2.43. The third-order valence-corrected chi connectivity index (χ3v) is 10.9. The van der Waals surface area contributed by atoms with Crippen LogP contribution in [0.25, 0.3) is 105 Å². The Morgan fingerprint density at radius 1 is 0.291 bits per heavy atom. The molecule has 0 aliphatic carbocycles. The monoisotopic (exact) mass is 699 g/mol. The summed E-state index contributed by atoms with van der Waals surface area (Å²) in [6, 6.07) is 71.4. The van der Waals surface area contributed by atoms with E-state index in [1.165, 1.54) is 60.3 Å². The maximum Gasteiger partial charge on any atom is 0.160 e. The lowest BCUT2D eigenvalue weighted by molar-refractivity contribution is 1.18. The molecule has 256 valence electrons. The zero-order valence-corrected chi connectivity index (χ0v) is 29.9. The molecule has 0 aliphatic heterocycles. The Morgan fingerprint density at radius 2 is 0.727 bits per heavy atom. The van der Waals surface area contributed by atoms with Crippen LogP contribution < -0.4 is 0 Å². The molecule has 11 aromatic rings. The molecule has 0 fully saturated rings. The molecule has 11 rings (SSSR count). The molecule has 55 heavy (non-hydrogen) atoms. The molecule has 0 saturated carbocycles. The summed E-state index contributed by atoms with van der Waals surface area (Å²) in [7, 11) is 0. The maximum absolute atomic E-state index is 5.09. The van der Waals surface area contributed by atoms with Crippen molar-refractivity contribution < 1.29 is 0 Å². The highest BCUT2D eigenvalue weighted by atomic mass is 14.9. The quantitative estimate of drug-likeness (QED) is 0.173. The van der Waals surface area contributed by atoms with Gasteiger partial charge in [-0.05, 0) is 58.1 Å². The van der Waals surface area contributed by atoms with Crippen molar-refractivity contribution in [3.63, 3.8) is 0 Å². The molecule has 3 heteroatoms. The molecular formula is C52H33N3. The summed E-state index contributed by atoms with van der Waals surface area (Å²) in [5.74, 6) is 0.714. The van der Waals surface area contributed by atoms with Crippen molar-refractivity contribution in [1.82, 2.24) is 14.4 Å². The zero-order chi connectivity index (χ0) is 36.3. The molecule has 0 atom stereocenters. The molecule has 0 unspecified atom stereocenters. The van der Waals surface area contributed by atoms with Gasteiger partial charge in [-0.2, -0.15) is 0 Å². The van der Waals surface area contributed by atoms with Crippen molar-refractivity contribution in [2.75, 3.05) is 0 Å². The third-order valence-electron chi connectivity index (χ3n) is 10.9. The first kappa shape index (κ1) is 31.2. The number of hydrogen-bond acceptors (Lipinski definition) is 2. The van der Waals surface area contributed by atoms with Gasteiger partial charge in [-0.1, -0.05) is 170 Å². The fraction of sp³-hybridized carbons (Fsp3) is 0. The van der Waals surface area contributed by atoms with E-state index in [2.05, 4.69) is 180 Å². The molecule has 0 aliphatic rings. The fourth-order valence-corrected chi connectivity index (χ4v) is 8.37. The first-order valence-corrected chi connectivity index (χ1v) is 18.7. The Hall–Kier alpha value is -7.36. The second-order valence-corrected chi connectivity index (χ2v) is 14.2. The predicted molar refractivity (Wildman–Crippen MR) is 229 cm³/mol. The minimum atomic E-state index is 0.714. The van der Waals surface area contributed by atoms with Crippen LogP contribution in [0.1, 0.15) is 0 Å². The summed E-state index contributed by atoms with van der Waals surface area (Å²) in [6.07, 6.45) is 0. The number of hydrogen-bond donors (Lipinski definition) is 0. The van der Waals surface area contributed by atoms with Gasteiger partial charge >= 0.3 is 0 Å². The van der Waals surface area contributed by atoms with Gasteiger partial charge in [0.25, 0.3) is 0 Å². The summed E-state index contributed by atoms with van der Waals surface area (Å²) >= 11 is 0. The van der Waals surface area contributed by atoms with E-state index in [1.54, 1.807) is 0 Å². The Bertz CT molecular complexity index is 3140. The largest absolute Gasteiger partial charge is 0.307 e. The summed E-state index contributed by atoms with van der Waals surface area (Å²) in [6.45, 7) is 0. The predicted octanol–water partition coefficient (Wildman–Crippen LogP) is 13.6. The van der Waals surface area contributed by atoms with E-state index in [9.17, 15) is 0 Å². The number of benzene rings is 8. The van der Waals surface area contributed by atoms with Crippen LogP contribution in [-0.2, 0) is 0 Å². The lowest BCUT2D eigenvalue weighted by Crippen LogP contribution is -1.96. The first-order chi connectivity index (χ1) is 27.3. The van der Waals surface area contributed by atoms with Crippen molar-refractivity contribution in [1.29, 1.82) is 0 Å². The molecule has 0 radical (unpaired) electrons. The summed E-state index contributed by atoms with van der Waals surface area (Å²) in [4.78, 5) is 10.1. The van der Waals surface area contributed by atoms with Gasteiger partial charge in [0.1, 0.15) is 0 Å².